The molecule has 8 rings (SSSR count). The van der Waals surface area contributed by atoms with E-state index in [1.807, 2.05) is 24.3 Å². The maximum Gasteiger partial charge on any atom is 0.187 e. The summed E-state index contributed by atoms with van der Waals surface area (Å²) in [5.41, 5.74) is 12.4. The second-order valence-electron chi connectivity index (χ2n) is 11.0. The number of fused-ring (bicyclic) bond motifs is 4. The highest BCUT2D eigenvalue weighted by atomic mass is 15.3. The SMILES string of the molecule is [C-]#[N+]c1ccc(-c2ccc(-c3cc(-c4ccc(-c5cccc6ccccc56)cc4)cc4c3NC3C=CC=CN43)cc2)cc1. The summed E-state index contributed by atoms with van der Waals surface area (Å²) in [5, 5.41) is 6.27. The molecule has 1 unspecified atom stereocenters. The third-order valence-electron chi connectivity index (χ3n) is 8.48. The van der Waals surface area contributed by atoms with Gasteiger partial charge in [-0.05, 0) is 74.0 Å². The van der Waals surface area contributed by atoms with Gasteiger partial charge in [-0.25, -0.2) is 4.85 Å². The van der Waals surface area contributed by atoms with Gasteiger partial charge in [0.1, 0.15) is 6.17 Å². The van der Waals surface area contributed by atoms with Gasteiger partial charge < -0.3 is 10.2 Å². The predicted molar refractivity (Wildman–Crippen MR) is 180 cm³/mol. The van der Waals surface area contributed by atoms with E-state index < -0.39 is 0 Å². The van der Waals surface area contributed by atoms with E-state index in [1.165, 1.54) is 44.3 Å². The van der Waals surface area contributed by atoms with Gasteiger partial charge in [0.25, 0.3) is 0 Å². The molecule has 0 amide bonds. The number of hydrogen-bond donors (Lipinski definition) is 1. The fourth-order valence-electron chi connectivity index (χ4n) is 6.26. The van der Waals surface area contributed by atoms with Gasteiger partial charge in [-0.2, -0.15) is 0 Å². The molecule has 0 spiro atoms. The Hall–Kier alpha value is -5.85. The molecule has 1 atom stereocenters. The average molecular weight is 550 g/mol. The van der Waals surface area contributed by atoms with Crippen LogP contribution in [0.25, 0.3) is 60.1 Å². The molecule has 202 valence electrons. The number of allylic oxidation sites excluding steroid dienone is 2. The summed E-state index contributed by atoms with van der Waals surface area (Å²) in [6.07, 6.45) is 8.63. The Balaban J connectivity index is 1.20. The standard InChI is InChI=1S/C40H27N3/c1-41-34-22-20-28(21-23-34)27-12-18-32(19-13-27)37-25-33(26-38-40(37)42-39-11-4-5-24-43(38)39)29-14-16-31(17-15-29)36-10-6-8-30-7-2-3-9-35(30)36/h2-26,39,42H. The highest BCUT2D eigenvalue weighted by molar-refractivity contribution is 5.98. The summed E-state index contributed by atoms with van der Waals surface area (Å²) in [7, 11) is 0. The zero-order valence-corrected chi connectivity index (χ0v) is 23.4. The lowest BCUT2D eigenvalue weighted by molar-refractivity contribution is 0.908. The van der Waals surface area contributed by atoms with Crippen LogP contribution in [0, 0.1) is 6.57 Å². The largest absolute Gasteiger partial charge is 0.359 e. The predicted octanol–water partition coefficient (Wildman–Crippen LogP) is 10.7. The van der Waals surface area contributed by atoms with Crippen LogP contribution in [0.5, 0.6) is 0 Å². The minimum atomic E-state index is 0.1000. The molecule has 0 aliphatic carbocycles. The first-order chi connectivity index (χ1) is 21.2. The molecule has 3 nitrogen and oxygen atoms in total. The minimum absolute atomic E-state index is 0.1000. The molecule has 3 heteroatoms. The van der Waals surface area contributed by atoms with Crippen molar-refractivity contribution in [2.75, 3.05) is 10.2 Å². The second-order valence-corrected chi connectivity index (χ2v) is 11.0. The summed E-state index contributed by atoms with van der Waals surface area (Å²) in [6, 6.07) is 45.2. The molecule has 0 radical (unpaired) electrons. The zero-order valence-electron chi connectivity index (χ0n) is 23.4. The van der Waals surface area contributed by atoms with Crippen LogP contribution in [0.15, 0.2) is 152 Å². The maximum atomic E-state index is 7.23. The Kier molecular flexibility index (Phi) is 5.91. The van der Waals surface area contributed by atoms with E-state index in [4.69, 9.17) is 6.57 Å². The van der Waals surface area contributed by atoms with E-state index in [-0.39, 0.29) is 6.17 Å². The molecule has 2 heterocycles. The lowest BCUT2D eigenvalue weighted by Gasteiger charge is -2.22. The molecule has 2 aliphatic rings. The normalized spacial score (nSPS) is 14.7. The van der Waals surface area contributed by atoms with Crippen molar-refractivity contribution in [3.05, 3.63) is 163 Å². The first-order valence-corrected chi connectivity index (χ1v) is 14.5. The monoisotopic (exact) mass is 549 g/mol. The van der Waals surface area contributed by atoms with Crippen LogP contribution < -0.4 is 10.2 Å². The first kappa shape index (κ1) is 24.9. The van der Waals surface area contributed by atoms with Crippen molar-refractivity contribution >= 4 is 27.8 Å². The highest BCUT2D eigenvalue weighted by Gasteiger charge is 2.29. The smallest absolute Gasteiger partial charge is 0.187 e. The Labute approximate surface area is 251 Å². The summed E-state index contributed by atoms with van der Waals surface area (Å²) in [4.78, 5) is 5.82. The van der Waals surface area contributed by atoms with Crippen molar-refractivity contribution in [1.82, 2.24) is 0 Å². The third-order valence-corrected chi connectivity index (χ3v) is 8.48. The topological polar surface area (TPSA) is 19.6 Å². The zero-order chi connectivity index (χ0) is 28.8. The number of anilines is 2. The average Bonchev–Trinajstić information content (AvgIpc) is 3.46. The lowest BCUT2D eigenvalue weighted by atomic mass is 9.93. The van der Waals surface area contributed by atoms with E-state index in [0.29, 0.717) is 5.69 Å². The van der Waals surface area contributed by atoms with E-state index in [1.54, 1.807) is 0 Å². The van der Waals surface area contributed by atoms with Crippen molar-refractivity contribution in [2.24, 2.45) is 0 Å². The maximum absolute atomic E-state index is 7.23. The van der Waals surface area contributed by atoms with Gasteiger partial charge in [0, 0.05) is 11.8 Å². The number of nitrogens with zero attached hydrogens (tertiary/aromatic N) is 2. The van der Waals surface area contributed by atoms with Gasteiger partial charge in [0.15, 0.2) is 5.69 Å². The van der Waals surface area contributed by atoms with Gasteiger partial charge >= 0.3 is 0 Å². The van der Waals surface area contributed by atoms with E-state index in [2.05, 4.69) is 143 Å². The van der Waals surface area contributed by atoms with Crippen molar-refractivity contribution in [3.8, 4) is 44.5 Å². The Bertz CT molecular complexity index is 2090. The third kappa shape index (κ3) is 4.38. The molecule has 0 saturated heterocycles. The molecule has 6 aromatic carbocycles. The van der Waals surface area contributed by atoms with Crippen LogP contribution in [-0.2, 0) is 0 Å². The second kappa shape index (κ2) is 10.2. The first-order valence-electron chi connectivity index (χ1n) is 14.5. The molecule has 1 N–H and O–H groups in total. The van der Waals surface area contributed by atoms with Crippen molar-refractivity contribution in [2.45, 2.75) is 6.17 Å². The Morgan fingerprint density at radius 3 is 1.95 bits per heavy atom. The number of rotatable bonds is 4. The number of nitrogens with one attached hydrogen (secondary N) is 1. The summed E-state index contributed by atoms with van der Waals surface area (Å²) < 4.78 is 0. The van der Waals surface area contributed by atoms with Gasteiger partial charge in [0.2, 0.25) is 0 Å². The molecule has 0 fully saturated rings. The highest BCUT2D eigenvalue weighted by Crippen LogP contribution is 2.46. The van der Waals surface area contributed by atoms with E-state index in [9.17, 15) is 0 Å². The molecule has 0 bridgehead atoms. The van der Waals surface area contributed by atoms with E-state index >= 15 is 0 Å². The molecule has 0 saturated carbocycles. The molecule has 43 heavy (non-hydrogen) atoms. The van der Waals surface area contributed by atoms with Gasteiger partial charge in [-0.1, -0.05) is 121 Å². The molecule has 2 aliphatic heterocycles. The number of benzene rings is 6. The van der Waals surface area contributed by atoms with Crippen LogP contribution in [0.1, 0.15) is 0 Å². The summed E-state index contributed by atoms with van der Waals surface area (Å²) in [5.74, 6) is 0. The van der Waals surface area contributed by atoms with Crippen LogP contribution in [0.3, 0.4) is 0 Å². The van der Waals surface area contributed by atoms with Crippen molar-refractivity contribution in [1.29, 1.82) is 0 Å². The lowest BCUT2D eigenvalue weighted by Crippen LogP contribution is -2.30. The van der Waals surface area contributed by atoms with Crippen molar-refractivity contribution in [3.63, 3.8) is 0 Å². The minimum Gasteiger partial charge on any atom is -0.359 e. The molecule has 6 aromatic rings. The van der Waals surface area contributed by atoms with Crippen LogP contribution in [0.2, 0.25) is 0 Å². The van der Waals surface area contributed by atoms with Crippen LogP contribution in [0.4, 0.5) is 17.1 Å². The molecular weight excluding hydrogens is 522 g/mol. The Morgan fingerprint density at radius 1 is 0.581 bits per heavy atom. The fraction of sp³-hybridized carbons (Fsp3) is 0.0250. The Morgan fingerprint density at radius 2 is 1.21 bits per heavy atom. The summed E-state index contributed by atoms with van der Waals surface area (Å²) >= 11 is 0. The van der Waals surface area contributed by atoms with E-state index in [0.717, 1.165) is 22.4 Å². The fourth-order valence-corrected chi connectivity index (χ4v) is 6.26. The molecule has 0 aromatic heterocycles. The molecular formula is C40H27N3. The summed E-state index contributed by atoms with van der Waals surface area (Å²) in [6.45, 7) is 7.23. The van der Waals surface area contributed by atoms with Crippen LogP contribution >= 0.6 is 0 Å². The van der Waals surface area contributed by atoms with Gasteiger partial charge in [-0.3, -0.25) is 0 Å². The van der Waals surface area contributed by atoms with Crippen molar-refractivity contribution < 1.29 is 0 Å². The van der Waals surface area contributed by atoms with Gasteiger partial charge in [0.05, 0.1) is 17.9 Å². The quantitative estimate of drug-likeness (QED) is 0.221. The number of hydrogen-bond acceptors (Lipinski definition) is 2. The van der Waals surface area contributed by atoms with Crippen LogP contribution in [-0.4, -0.2) is 6.17 Å². The van der Waals surface area contributed by atoms with Gasteiger partial charge in [-0.15, -0.1) is 0 Å².